The number of fused-ring (bicyclic) bond motifs is 6. The Balaban J connectivity index is 1.53. The lowest BCUT2D eigenvalue weighted by molar-refractivity contribution is 0.754. The highest BCUT2D eigenvalue weighted by molar-refractivity contribution is 6.02. The van der Waals surface area contributed by atoms with E-state index in [1.54, 1.807) is 11.1 Å². The van der Waals surface area contributed by atoms with Gasteiger partial charge in [0.1, 0.15) is 0 Å². The average molecular weight is 356 g/mol. The summed E-state index contributed by atoms with van der Waals surface area (Å²) in [5, 5.41) is 5.38. The molecule has 4 aromatic rings. The van der Waals surface area contributed by atoms with Gasteiger partial charge >= 0.3 is 0 Å². The van der Waals surface area contributed by atoms with Crippen LogP contribution >= 0.6 is 0 Å². The molecule has 4 aromatic carbocycles. The molecule has 0 spiro atoms. The zero-order valence-corrected chi connectivity index (χ0v) is 15.7. The van der Waals surface area contributed by atoms with E-state index in [0.29, 0.717) is 5.92 Å². The summed E-state index contributed by atoms with van der Waals surface area (Å²) in [6, 6.07) is 25.3. The molecule has 1 atom stereocenters. The van der Waals surface area contributed by atoms with Crippen LogP contribution < -0.4 is 0 Å². The Morgan fingerprint density at radius 3 is 2.32 bits per heavy atom. The van der Waals surface area contributed by atoms with Gasteiger partial charge in [0, 0.05) is 5.92 Å². The largest absolute Gasteiger partial charge is 0.0836 e. The smallest absolute Gasteiger partial charge is 0.0145 e. The van der Waals surface area contributed by atoms with Crippen molar-refractivity contribution in [1.29, 1.82) is 0 Å². The molecule has 1 unspecified atom stereocenters. The van der Waals surface area contributed by atoms with Crippen LogP contribution in [0, 0.1) is 0 Å². The number of hydrogen-bond acceptors (Lipinski definition) is 0. The minimum absolute atomic E-state index is 0.530. The monoisotopic (exact) mass is 356 g/mol. The van der Waals surface area contributed by atoms with Gasteiger partial charge in [-0.3, -0.25) is 0 Å². The van der Waals surface area contributed by atoms with E-state index in [2.05, 4.69) is 78.9 Å². The summed E-state index contributed by atoms with van der Waals surface area (Å²) in [6.45, 7) is 0. The SMILES string of the molecule is C1=CC2=C(CC1)CC1c3cc4cc5ccccc5cc4cc3-c3cccc2c31. The van der Waals surface area contributed by atoms with Gasteiger partial charge in [0.25, 0.3) is 0 Å². The van der Waals surface area contributed by atoms with E-state index >= 15 is 0 Å². The highest BCUT2D eigenvalue weighted by Crippen LogP contribution is 2.55. The van der Waals surface area contributed by atoms with Crippen LogP contribution in [0.15, 0.2) is 84.5 Å². The standard InChI is InChI=1S/C28H20/c1-2-7-18-13-21-16-26-25(15-20(21)12-17(18)6-1)24-11-5-10-23-22-9-4-3-8-19(22)14-27(26)28(23)24/h1-2,4-7,9-13,15-16,27H,3,8,14H2. The molecule has 0 nitrogen and oxygen atoms in total. The van der Waals surface area contributed by atoms with Gasteiger partial charge in [-0.25, -0.2) is 0 Å². The third-order valence-corrected chi connectivity index (χ3v) is 7.01. The Hall–Kier alpha value is -3.12. The molecule has 28 heavy (non-hydrogen) atoms. The second-order valence-corrected chi connectivity index (χ2v) is 8.47. The van der Waals surface area contributed by atoms with Crippen molar-refractivity contribution in [2.45, 2.75) is 25.2 Å². The zero-order chi connectivity index (χ0) is 18.2. The Bertz CT molecular complexity index is 1380. The molecule has 0 aromatic heterocycles. The first kappa shape index (κ1) is 14.9. The maximum absolute atomic E-state index is 2.48. The van der Waals surface area contributed by atoms with Crippen LogP contribution in [-0.4, -0.2) is 0 Å². The van der Waals surface area contributed by atoms with E-state index in [9.17, 15) is 0 Å². The summed E-state index contributed by atoms with van der Waals surface area (Å²) < 4.78 is 0. The minimum Gasteiger partial charge on any atom is -0.0836 e. The summed E-state index contributed by atoms with van der Waals surface area (Å²) in [5.74, 6) is 0.530. The van der Waals surface area contributed by atoms with Gasteiger partial charge in [0.2, 0.25) is 0 Å². The molecule has 132 valence electrons. The molecule has 0 radical (unpaired) electrons. The van der Waals surface area contributed by atoms with Crippen molar-refractivity contribution in [3.05, 3.63) is 101 Å². The first-order chi connectivity index (χ1) is 13.9. The van der Waals surface area contributed by atoms with Gasteiger partial charge in [-0.05, 0) is 98.5 Å². The van der Waals surface area contributed by atoms with Gasteiger partial charge < -0.3 is 0 Å². The normalized spacial score (nSPS) is 19.1. The van der Waals surface area contributed by atoms with Gasteiger partial charge in [0.05, 0.1) is 0 Å². The lowest BCUT2D eigenvalue weighted by atomic mass is 9.75. The molecule has 0 amide bonds. The summed E-state index contributed by atoms with van der Waals surface area (Å²) in [5.41, 5.74) is 10.6. The maximum Gasteiger partial charge on any atom is 0.0145 e. The lowest BCUT2D eigenvalue weighted by Crippen LogP contribution is -2.10. The Labute approximate surface area is 164 Å². The fourth-order valence-corrected chi connectivity index (χ4v) is 5.76. The second-order valence-electron chi connectivity index (χ2n) is 8.47. The summed E-state index contributed by atoms with van der Waals surface area (Å²) in [7, 11) is 0. The van der Waals surface area contributed by atoms with Crippen LogP contribution in [0.4, 0.5) is 0 Å². The Morgan fingerprint density at radius 2 is 1.46 bits per heavy atom. The Morgan fingerprint density at radius 1 is 0.679 bits per heavy atom. The average Bonchev–Trinajstić information content (AvgIpc) is 3.05. The molecule has 0 heterocycles. The van der Waals surface area contributed by atoms with Crippen molar-refractivity contribution in [3.63, 3.8) is 0 Å². The Kier molecular flexibility index (Phi) is 2.78. The molecule has 0 aliphatic heterocycles. The zero-order valence-electron chi connectivity index (χ0n) is 15.7. The van der Waals surface area contributed by atoms with Gasteiger partial charge in [0.15, 0.2) is 0 Å². The van der Waals surface area contributed by atoms with E-state index in [0.717, 1.165) is 0 Å². The van der Waals surface area contributed by atoms with Crippen molar-refractivity contribution in [2.75, 3.05) is 0 Å². The van der Waals surface area contributed by atoms with Crippen LogP contribution in [0.2, 0.25) is 0 Å². The van der Waals surface area contributed by atoms with Gasteiger partial charge in [-0.15, -0.1) is 0 Å². The van der Waals surface area contributed by atoms with Crippen molar-refractivity contribution in [1.82, 2.24) is 0 Å². The van der Waals surface area contributed by atoms with E-state index in [1.165, 1.54) is 68.6 Å². The minimum atomic E-state index is 0.530. The lowest BCUT2D eigenvalue weighted by Gasteiger charge is -2.29. The number of hydrogen-bond donors (Lipinski definition) is 0. The molecule has 0 saturated heterocycles. The molecule has 0 fully saturated rings. The van der Waals surface area contributed by atoms with Crippen LogP contribution in [0.5, 0.6) is 0 Å². The fourth-order valence-electron chi connectivity index (χ4n) is 5.76. The second kappa shape index (κ2) is 5.23. The molecule has 0 saturated carbocycles. The van der Waals surface area contributed by atoms with E-state index < -0.39 is 0 Å². The summed E-state index contributed by atoms with van der Waals surface area (Å²) >= 11 is 0. The molecule has 0 N–H and O–H groups in total. The van der Waals surface area contributed by atoms with E-state index in [1.807, 2.05) is 0 Å². The van der Waals surface area contributed by atoms with Crippen LogP contribution in [0.1, 0.15) is 41.9 Å². The molecular formula is C28H20. The summed E-state index contributed by atoms with van der Waals surface area (Å²) in [4.78, 5) is 0. The molecule has 0 heteroatoms. The first-order valence-corrected chi connectivity index (χ1v) is 10.4. The van der Waals surface area contributed by atoms with Crippen molar-refractivity contribution >= 4 is 27.1 Å². The molecular weight excluding hydrogens is 336 g/mol. The molecule has 7 rings (SSSR count). The van der Waals surface area contributed by atoms with Crippen molar-refractivity contribution < 1.29 is 0 Å². The van der Waals surface area contributed by atoms with Gasteiger partial charge in [-0.1, -0.05) is 60.2 Å². The van der Waals surface area contributed by atoms with Crippen LogP contribution in [-0.2, 0) is 0 Å². The predicted octanol–water partition coefficient (Wildman–Crippen LogP) is 7.61. The van der Waals surface area contributed by atoms with Crippen molar-refractivity contribution in [2.24, 2.45) is 0 Å². The third kappa shape index (κ3) is 1.85. The molecule has 3 aliphatic carbocycles. The number of allylic oxidation sites excluding steroid dienone is 4. The highest BCUT2D eigenvalue weighted by Gasteiger charge is 2.36. The highest BCUT2D eigenvalue weighted by atomic mass is 14.4. The number of benzene rings is 4. The third-order valence-electron chi connectivity index (χ3n) is 7.01. The van der Waals surface area contributed by atoms with Crippen LogP contribution in [0.3, 0.4) is 0 Å². The molecule has 0 bridgehead atoms. The molecule has 3 aliphatic rings. The topological polar surface area (TPSA) is 0 Å². The van der Waals surface area contributed by atoms with E-state index in [-0.39, 0.29) is 0 Å². The first-order valence-electron chi connectivity index (χ1n) is 10.4. The van der Waals surface area contributed by atoms with Gasteiger partial charge in [-0.2, -0.15) is 0 Å². The fraction of sp³-hybridized carbons (Fsp3) is 0.143. The quantitative estimate of drug-likeness (QED) is 0.284. The van der Waals surface area contributed by atoms with Crippen molar-refractivity contribution in [3.8, 4) is 11.1 Å². The van der Waals surface area contributed by atoms with Crippen LogP contribution in [0.25, 0.3) is 38.2 Å². The van der Waals surface area contributed by atoms with E-state index in [4.69, 9.17) is 0 Å². The summed E-state index contributed by atoms with van der Waals surface area (Å²) in [6.07, 6.45) is 8.32. The maximum atomic E-state index is 2.48. The number of rotatable bonds is 0. The predicted molar refractivity (Wildman–Crippen MR) is 119 cm³/mol.